The quantitative estimate of drug-likeness (QED) is 0.588. The molecule has 2 aliphatic heterocycles. The van der Waals surface area contributed by atoms with Crippen LogP contribution in [-0.4, -0.2) is 41.9 Å². The Hall–Kier alpha value is -2.24. The predicted molar refractivity (Wildman–Crippen MR) is 121 cm³/mol. The monoisotopic (exact) mass is 461 g/mol. The Kier molecular flexibility index (Phi) is 6.18. The van der Waals surface area contributed by atoms with Gasteiger partial charge in [0, 0.05) is 36.5 Å². The van der Waals surface area contributed by atoms with Crippen LogP contribution in [0, 0.1) is 5.92 Å². The van der Waals surface area contributed by atoms with Gasteiger partial charge < -0.3 is 14.4 Å². The molecular weight excluding hydrogens is 437 g/mol. The Morgan fingerprint density at radius 3 is 2.48 bits per heavy atom. The van der Waals surface area contributed by atoms with E-state index in [1.54, 1.807) is 24.3 Å². The van der Waals surface area contributed by atoms with Crippen LogP contribution < -0.4 is 9.47 Å². The number of carbonyl (C=O) groups is 2. The van der Waals surface area contributed by atoms with Crippen LogP contribution in [0.4, 0.5) is 0 Å². The summed E-state index contributed by atoms with van der Waals surface area (Å²) in [5, 5.41) is 0.755. The summed E-state index contributed by atoms with van der Waals surface area (Å²) in [6.07, 6.45) is 1.40. The Morgan fingerprint density at radius 1 is 1.16 bits per heavy atom. The topological polar surface area (TPSA) is 55.8 Å². The molecule has 0 saturated carbocycles. The fourth-order valence-corrected chi connectivity index (χ4v) is 4.58. The molecule has 31 heavy (non-hydrogen) atoms. The van der Waals surface area contributed by atoms with Crippen molar-refractivity contribution in [3.8, 4) is 11.5 Å². The molecule has 1 amide bonds. The van der Waals surface area contributed by atoms with Gasteiger partial charge in [-0.3, -0.25) is 9.59 Å². The van der Waals surface area contributed by atoms with E-state index in [-0.39, 0.29) is 18.1 Å². The Morgan fingerprint density at radius 2 is 1.84 bits per heavy atom. The summed E-state index contributed by atoms with van der Waals surface area (Å²) in [6, 6.07) is 10.4. The molecule has 0 N–H and O–H groups in total. The van der Waals surface area contributed by atoms with E-state index in [1.165, 1.54) is 0 Å². The molecule has 1 spiro atoms. The lowest BCUT2D eigenvalue weighted by Gasteiger charge is -2.44. The fourth-order valence-electron chi connectivity index (χ4n) is 4.05. The zero-order valence-corrected chi connectivity index (χ0v) is 19.1. The number of likely N-dealkylation sites (tertiary alicyclic amines) is 1. The number of ketones is 1. The first-order valence-electron chi connectivity index (χ1n) is 10.5. The number of Topliss-reactive ketones (excluding diaryl/α,β-unsaturated/α-hetero) is 1. The first kappa shape index (κ1) is 22.0. The lowest BCUT2D eigenvalue weighted by atomic mass is 9.82. The molecule has 4 rings (SSSR count). The Bertz CT molecular complexity index is 995. The van der Waals surface area contributed by atoms with Crippen molar-refractivity contribution >= 4 is 34.9 Å². The van der Waals surface area contributed by atoms with Crippen molar-refractivity contribution in [1.82, 2.24) is 4.90 Å². The number of ether oxygens (including phenoxy) is 2. The molecule has 2 aromatic carbocycles. The van der Waals surface area contributed by atoms with Crippen molar-refractivity contribution < 1.29 is 19.1 Å². The third-order valence-electron chi connectivity index (χ3n) is 5.76. The van der Waals surface area contributed by atoms with Crippen LogP contribution >= 0.6 is 23.2 Å². The average molecular weight is 462 g/mol. The van der Waals surface area contributed by atoms with Gasteiger partial charge in [-0.25, -0.2) is 0 Å². The van der Waals surface area contributed by atoms with Gasteiger partial charge in [0.15, 0.2) is 5.78 Å². The fraction of sp³-hybridized carbons (Fsp3) is 0.417. The summed E-state index contributed by atoms with van der Waals surface area (Å²) < 4.78 is 11.9. The van der Waals surface area contributed by atoms with Gasteiger partial charge in [0.25, 0.3) is 5.91 Å². The second kappa shape index (κ2) is 8.71. The van der Waals surface area contributed by atoms with Gasteiger partial charge in [0.2, 0.25) is 0 Å². The highest BCUT2D eigenvalue weighted by Gasteiger charge is 2.44. The van der Waals surface area contributed by atoms with E-state index in [0.717, 1.165) is 5.75 Å². The molecule has 2 heterocycles. The minimum atomic E-state index is -0.632. The lowest BCUT2D eigenvalue weighted by Crippen LogP contribution is -2.52. The molecule has 2 aromatic rings. The number of rotatable bonds is 4. The third-order valence-corrected chi connectivity index (χ3v) is 6.26. The minimum absolute atomic E-state index is 0.0255. The molecule has 7 heteroatoms. The van der Waals surface area contributed by atoms with Gasteiger partial charge in [0.1, 0.15) is 17.1 Å². The normalized spacial score (nSPS) is 17.5. The zero-order valence-electron chi connectivity index (χ0n) is 17.6. The SMILES string of the molecule is CC(C)COc1ccc(C(=O)N2CCC3(CC2)CC(=O)c2cc(Cl)cc(Cl)c2O3)cc1. The van der Waals surface area contributed by atoms with Crippen LogP contribution in [-0.2, 0) is 0 Å². The second-order valence-corrected chi connectivity index (χ2v) is 9.51. The van der Waals surface area contributed by atoms with E-state index < -0.39 is 5.60 Å². The first-order valence-corrected chi connectivity index (χ1v) is 11.3. The number of piperidine rings is 1. The maximum Gasteiger partial charge on any atom is 0.253 e. The van der Waals surface area contributed by atoms with Crippen LogP contribution in [0.15, 0.2) is 36.4 Å². The largest absolute Gasteiger partial charge is 0.493 e. The van der Waals surface area contributed by atoms with Crippen LogP contribution in [0.2, 0.25) is 10.0 Å². The number of amides is 1. The molecule has 0 radical (unpaired) electrons. The van der Waals surface area contributed by atoms with Gasteiger partial charge in [-0.15, -0.1) is 0 Å². The van der Waals surface area contributed by atoms with Crippen molar-refractivity contribution in [3.05, 3.63) is 57.6 Å². The highest BCUT2D eigenvalue weighted by atomic mass is 35.5. The second-order valence-electron chi connectivity index (χ2n) is 8.67. The minimum Gasteiger partial charge on any atom is -0.493 e. The molecular formula is C24H25Cl2NO4. The predicted octanol–water partition coefficient (Wildman–Crippen LogP) is 5.67. The van der Waals surface area contributed by atoms with Gasteiger partial charge in [-0.1, -0.05) is 37.0 Å². The van der Waals surface area contributed by atoms with E-state index in [9.17, 15) is 9.59 Å². The molecule has 2 aliphatic rings. The van der Waals surface area contributed by atoms with Crippen molar-refractivity contribution in [2.75, 3.05) is 19.7 Å². The summed E-state index contributed by atoms with van der Waals surface area (Å²) in [5.41, 5.74) is 0.422. The Labute approximate surface area is 192 Å². The van der Waals surface area contributed by atoms with Crippen molar-refractivity contribution in [2.24, 2.45) is 5.92 Å². The summed E-state index contributed by atoms with van der Waals surface area (Å²) in [6.45, 7) is 5.84. The smallest absolute Gasteiger partial charge is 0.253 e. The van der Waals surface area contributed by atoms with Crippen molar-refractivity contribution in [2.45, 2.75) is 38.7 Å². The molecule has 1 saturated heterocycles. The molecule has 0 atom stereocenters. The summed E-state index contributed by atoms with van der Waals surface area (Å²) >= 11 is 12.3. The highest BCUT2D eigenvalue weighted by molar-refractivity contribution is 6.36. The van der Waals surface area contributed by atoms with Crippen LogP contribution in [0.25, 0.3) is 0 Å². The van der Waals surface area contributed by atoms with E-state index >= 15 is 0 Å². The number of hydrogen-bond donors (Lipinski definition) is 0. The number of carbonyl (C=O) groups excluding carboxylic acids is 2. The molecule has 0 aromatic heterocycles. The number of nitrogens with zero attached hydrogens (tertiary/aromatic N) is 1. The molecule has 164 valence electrons. The Balaban J connectivity index is 1.41. The van der Waals surface area contributed by atoms with Gasteiger partial charge in [-0.2, -0.15) is 0 Å². The van der Waals surface area contributed by atoms with Crippen LogP contribution in [0.1, 0.15) is 53.8 Å². The number of halogens is 2. The maximum absolute atomic E-state index is 12.9. The first-order chi connectivity index (χ1) is 14.8. The summed E-state index contributed by atoms with van der Waals surface area (Å²) in [5.74, 6) is 1.54. The maximum atomic E-state index is 12.9. The van der Waals surface area contributed by atoms with Gasteiger partial charge in [0.05, 0.1) is 23.6 Å². The molecule has 0 aliphatic carbocycles. The number of hydrogen-bond acceptors (Lipinski definition) is 4. The number of fused-ring (bicyclic) bond motifs is 1. The van der Waals surface area contributed by atoms with Gasteiger partial charge in [-0.05, 0) is 42.3 Å². The number of benzene rings is 2. The van der Waals surface area contributed by atoms with Crippen LogP contribution in [0.3, 0.4) is 0 Å². The summed E-state index contributed by atoms with van der Waals surface area (Å²) in [7, 11) is 0. The van der Waals surface area contributed by atoms with Crippen LogP contribution in [0.5, 0.6) is 11.5 Å². The standard InChI is InChI=1S/C24H25Cl2NO4/c1-15(2)14-30-18-5-3-16(4-6-18)23(29)27-9-7-24(8-10-27)13-21(28)19-11-17(25)12-20(26)22(19)31-24/h3-6,11-12,15H,7-10,13-14H2,1-2H3. The zero-order chi connectivity index (χ0) is 22.2. The molecule has 5 nitrogen and oxygen atoms in total. The van der Waals surface area contributed by atoms with E-state index in [2.05, 4.69) is 13.8 Å². The van der Waals surface area contributed by atoms with Crippen molar-refractivity contribution in [3.63, 3.8) is 0 Å². The molecule has 0 bridgehead atoms. The summed E-state index contributed by atoms with van der Waals surface area (Å²) in [4.78, 5) is 27.5. The molecule has 1 fully saturated rings. The molecule has 0 unspecified atom stereocenters. The average Bonchev–Trinajstić information content (AvgIpc) is 2.74. The highest BCUT2D eigenvalue weighted by Crippen LogP contribution is 2.44. The van der Waals surface area contributed by atoms with E-state index in [1.807, 2.05) is 17.0 Å². The van der Waals surface area contributed by atoms with E-state index in [4.69, 9.17) is 32.7 Å². The van der Waals surface area contributed by atoms with Gasteiger partial charge >= 0.3 is 0 Å². The van der Waals surface area contributed by atoms with E-state index in [0.29, 0.717) is 65.4 Å². The lowest BCUT2D eigenvalue weighted by molar-refractivity contribution is -0.00565. The van der Waals surface area contributed by atoms with Crippen molar-refractivity contribution in [1.29, 1.82) is 0 Å². The third kappa shape index (κ3) is 4.68.